The highest BCUT2D eigenvalue weighted by molar-refractivity contribution is 7.26. The Morgan fingerprint density at radius 3 is 1.76 bits per heavy atom. The molecule has 0 atom stereocenters. The molecule has 0 spiro atoms. The van der Waals surface area contributed by atoms with Gasteiger partial charge in [0.05, 0.1) is 5.69 Å². The van der Waals surface area contributed by atoms with Crippen molar-refractivity contribution < 1.29 is 8.83 Å². The van der Waals surface area contributed by atoms with Gasteiger partial charge < -0.3 is 13.7 Å². The van der Waals surface area contributed by atoms with Crippen molar-refractivity contribution in [2.45, 2.75) is 0 Å². The van der Waals surface area contributed by atoms with E-state index in [4.69, 9.17) is 13.8 Å². The van der Waals surface area contributed by atoms with E-state index in [1.807, 2.05) is 59.1 Å². The van der Waals surface area contributed by atoms with Gasteiger partial charge in [-0.25, -0.2) is 4.98 Å². The molecule has 0 amide bonds. The average Bonchev–Trinajstić information content (AvgIpc) is 3.92. The number of hydrogen-bond donors (Lipinski definition) is 0. The molecule has 230 valence electrons. The van der Waals surface area contributed by atoms with Gasteiger partial charge >= 0.3 is 0 Å². The van der Waals surface area contributed by atoms with Crippen LogP contribution in [0.2, 0.25) is 0 Å². The van der Waals surface area contributed by atoms with Crippen LogP contribution in [0.15, 0.2) is 154 Å². The second-order valence-electron chi connectivity index (χ2n) is 12.3. The zero-order valence-corrected chi connectivity index (χ0v) is 27.5. The molecular formula is C43H24N2O2S2. The van der Waals surface area contributed by atoms with E-state index in [9.17, 15) is 0 Å². The van der Waals surface area contributed by atoms with Crippen molar-refractivity contribution in [1.29, 1.82) is 0 Å². The second-order valence-corrected chi connectivity index (χ2v) is 14.5. The quantitative estimate of drug-likeness (QED) is 0.188. The van der Waals surface area contributed by atoms with Crippen molar-refractivity contribution in [1.82, 2.24) is 4.98 Å². The van der Waals surface area contributed by atoms with Gasteiger partial charge in [0.2, 0.25) is 5.89 Å². The zero-order chi connectivity index (χ0) is 32.1. The monoisotopic (exact) mass is 664 g/mol. The number of rotatable bonds is 4. The van der Waals surface area contributed by atoms with Crippen molar-refractivity contribution in [3.63, 3.8) is 0 Å². The predicted molar refractivity (Wildman–Crippen MR) is 207 cm³/mol. The molecule has 11 aromatic rings. The largest absolute Gasteiger partial charge is 0.454 e. The van der Waals surface area contributed by atoms with Crippen LogP contribution in [-0.2, 0) is 0 Å². The molecule has 0 N–H and O–H groups in total. The van der Waals surface area contributed by atoms with Gasteiger partial charge in [-0.2, -0.15) is 0 Å². The number of para-hydroxylation sites is 1. The first kappa shape index (κ1) is 27.0. The molecule has 0 saturated carbocycles. The molecule has 4 nitrogen and oxygen atoms in total. The van der Waals surface area contributed by atoms with Crippen LogP contribution in [0.3, 0.4) is 0 Å². The van der Waals surface area contributed by atoms with Gasteiger partial charge in [0.1, 0.15) is 11.1 Å². The number of nitrogens with zero attached hydrogens (tertiary/aromatic N) is 2. The van der Waals surface area contributed by atoms with E-state index in [0.29, 0.717) is 5.89 Å². The molecule has 0 aliphatic carbocycles. The summed E-state index contributed by atoms with van der Waals surface area (Å²) in [4.78, 5) is 7.16. The Morgan fingerprint density at radius 2 is 1.06 bits per heavy atom. The summed E-state index contributed by atoms with van der Waals surface area (Å²) >= 11 is 3.67. The third kappa shape index (κ3) is 4.11. The summed E-state index contributed by atoms with van der Waals surface area (Å²) in [6.07, 6.45) is 0. The Bertz CT molecular complexity index is 2960. The van der Waals surface area contributed by atoms with Crippen molar-refractivity contribution in [2.24, 2.45) is 0 Å². The fourth-order valence-electron chi connectivity index (χ4n) is 7.22. The third-order valence-corrected chi connectivity index (χ3v) is 11.8. The second kappa shape index (κ2) is 10.3. The van der Waals surface area contributed by atoms with Gasteiger partial charge in [-0.3, -0.25) is 0 Å². The predicted octanol–water partition coefficient (Wildman–Crippen LogP) is 13.6. The van der Waals surface area contributed by atoms with Crippen molar-refractivity contribution >= 4 is 113 Å². The fourth-order valence-corrected chi connectivity index (χ4v) is 9.39. The molecule has 0 saturated heterocycles. The molecule has 0 fully saturated rings. The Hall–Kier alpha value is -5.95. The first-order valence-corrected chi connectivity index (χ1v) is 17.8. The normalized spacial score (nSPS) is 12.1. The highest BCUT2D eigenvalue weighted by Crippen LogP contribution is 2.46. The van der Waals surface area contributed by atoms with Gasteiger partial charge in [-0.15, -0.1) is 22.7 Å². The van der Waals surface area contributed by atoms with Crippen LogP contribution in [0.5, 0.6) is 0 Å². The molecule has 4 heterocycles. The lowest BCUT2D eigenvalue weighted by Crippen LogP contribution is -2.10. The highest BCUT2D eigenvalue weighted by atomic mass is 32.1. The smallest absolute Gasteiger partial charge is 0.227 e. The first-order valence-electron chi connectivity index (χ1n) is 16.2. The molecule has 4 aromatic heterocycles. The molecule has 0 bridgehead atoms. The van der Waals surface area contributed by atoms with E-state index in [2.05, 4.69) is 114 Å². The molecule has 0 radical (unpaired) electrons. The van der Waals surface area contributed by atoms with Crippen LogP contribution in [0, 0.1) is 0 Å². The summed E-state index contributed by atoms with van der Waals surface area (Å²) in [7, 11) is 0. The van der Waals surface area contributed by atoms with Crippen molar-refractivity contribution in [3.8, 4) is 11.5 Å². The minimum atomic E-state index is 0.604. The number of benzene rings is 7. The van der Waals surface area contributed by atoms with E-state index >= 15 is 0 Å². The maximum absolute atomic E-state index is 6.80. The molecule has 11 rings (SSSR count). The Kier molecular flexibility index (Phi) is 5.67. The number of anilines is 3. The maximum Gasteiger partial charge on any atom is 0.227 e. The molecule has 0 unspecified atom stereocenters. The number of aromatic nitrogens is 1. The molecule has 49 heavy (non-hydrogen) atoms. The lowest BCUT2D eigenvalue weighted by atomic mass is 10.1. The average molecular weight is 665 g/mol. The summed E-state index contributed by atoms with van der Waals surface area (Å²) in [5, 5.41) is 7.08. The van der Waals surface area contributed by atoms with Gasteiger partial charge in [0.15, 0.2) is 11.2 Å². The number of furan rings is 1. The minimum Gasteiger partial charge on any atom is -0.454 e. The van der Waals surface area contributed by atoms with Crippen LogP contribution in [0.4, 0.5) is 17.1 Å². The minimum absolute atomic E-state index is 0.604. The number of thiophene rings is 2. The molecular weight excluding hydrogens is 641 g/mol. The third-order valence-electron chi connectivity index (χ3n) is 9.48. The van der Waals surface area contributed by atoms with Gasteiger partial charge in [0.25, 0.3) is 0 Å². The standard InChI is InChI=1S/C43H24N2O2S2/c1-2-9-25(10-3-1)43-44-34-24-36-31(23-37(34)47-43)30-13-8-14-35(42(30)46-36)45(26-17-19-40-32(21-26)28-11-4-6-15-38(28)48-40)27-18-20-41-33(22-27)29-12-5-7-16-39(29)49-41/h1-24H. The van der Waals surface area contributed by atoms with Crippen molar-refractivity contribution in [3.05, 3.63) is 146 Å². The van der Waals surface area contributed by atoms with Crippen LogP contribution in [-0.4, -0.2) is 4.98 Å². The van der Waals surface area contributed by atoms with Crippen LogP contribution < -0.4 is 4.90 Å². The maximum atomic E-state index is 6.80. The SMILES string of the molecule is c1ccc(-c2nc3cc4oc5c(N(c6ccc7sc8ccccc8c7c6)c6ccc7sc8ccccc8c7c6)cccc5c4cc3o2)cc1. The molecule has 0 aliphatic heterocycles. The lowest BCUT2D eigenvalue weighted by Gasteiger charge is -2.26. The topological polar surface area (TPSA) is 42.4 Å². The van der Waals surface area contributed by atoms with Crippen LogP contribution in [0.1, 0.15) is 0 Å². The van der Waals surface area contributed by atoms with E-state index in [-0.39, 0.29) is 0 Å². The fraction of sp³-hybridized carbons (Fsp3) is 0. The summed E-state index contributed by atoms with van der Waals surface area (Å²) in [5.41, 5.74) is 7.18. The Labute approximate surface area is 287 Å². The number of fused-ring (bicyclic) bond motifs is 10. The Morgan fingerprint density at radius 1 is 0.449 bits per heavy atom. The van der Waals surface area contributed by atoms with Gasteiger partial charge in [-0.05, 0) is 72.8 Å². The van der Waals surface area contributed by atoms with Crippen LogP contribution >= 0.6 is 22.7 Å². The lowest BCUT2D eigenvalue weighted by molar-refractivity contribution is 0.620. The van der Waals surface area contributed by atoms with E-state index in [1.165, 1.54) is 40.3 Å². The molecule has 0 aliphatic rings. The molecule has 7 aromatic carbocycles. The van der Waals surface area contributed by atoms with Gasteiger partial charge in [-0.1, -0.05) is 66.7 Å². The number of hydrogen-bond acceptors (Lipinski definition) is 6. The van der Waals surface area contributed by atoms with Gasteiger partial charge in [0, 0.05) is 74.1 Å². The summed E-state index contributed by atoms with van der Waals surface area (Å²) in [5.74, 6) is 0.604. The zero-order valence-electron chi connectivity index (χ0n) is 25.9. The highest BCUT2D eigenvalue weighted by Gasteiger charge is 2.22. The van der Waals surface area contributed by atoms with E-state index < -0.39 is 0 Å². The summed E-state index contributed by atoms with van der Waals surface area (Å²) in [6, 6.07) is 51.4. The molecule has 6 heteroatoms. The summed E-state index contributed by atoms with van der Waals surface area (Å²) in [6.45, 7) is 0. The summed E-state index contributed by atoms with van der Waals surface area (Å²) < 4.78 is 18.2. The van der Waals surface area contributed by atoms with E-state index in [1.54, 1.807) is 0 Å². The van der Waals surface area contributed by atoms with Crippen LogP contribution in [0.25, 0.3) is 84.8 Å². The van der Waals surface area contributed by atoms with Crippen molar-refractivity contribution in [2.75, 3.05) is 4.90 Å². The first-order chi connectivity index (χ1) is 24.2. The van der Waals surface area contributed by atoms with E-state index in [0.717, 1.165) is 55.7 Å². The Balaban J connectivity index is 1.15. The number of oxazole rings is 1.